The molecule has 0 radical (unpaired) electrons. The van der Waals surface area contributed by atoms with Crippen molar-refractivity contribution in [3.8, 4) is 0 Å². The molecule has 1 heterocycles. The largest absolute Gasteiger partial charge is 0.354 e. The summed E-state index contributed by atoms with van der Waals surface area (Å²) in [6.45, 7) is 2.79. The first-order chi connectivity index (χ1) is 9.20. The van der Waals surface area contributed by atoms with Gasteiger partial charge >= 0.3 is 0 Å². The molecule has 2 aromatic rings. The van der Waals surface area contributed by atoms with Crippen LogP contribution in [0.2, 0.25) is 0 Å². The fraction of sp³-hybridized carbons (Fsp3) is 0.231. The molecule has 19 heavy (non-hydrogen) atoms. The lowest BCUT2D eigenvalue weighted by Gasteiger charge is -2.10. The number of para-hydroxylation sites is 1. The summed E-state index contributed by atoms with van der Waals surface area (Å²) in [5.41, 5.74) is 0.751. The Balaban J connectivity index is 2.21. The van der Waals surface area contributed by atoms with Gasteiger partial charge in [0.1, 0.15) is 0 Å². The van der Waals surface area contributed by atoms with Crippen LogP contribution >= 0.6 is 15.9 Å². The minimum Gasteiger partial charge on any atom is -0.354 e. The summed E-state index contributed by atoms with van der Waals surface area (Å²) >= 11 is 3.39. The molecule has 0 unspecified atom stereocenters. The van der Waals surface area contributed by atoms with Crippen LogP contribution in [-0.4, -0.2) is 16.5 Å². The Morgan fingerprint density at radius 1 is 1.32 bits per heavy atom. The van der Waals surface area contributed by atoms with Gasteiger partial charge in [-0.25, -0.2) is 9.37 Å². The second-order valence-corrected chi connectivity index (χ2v) is 4.78. The van der Waals surface area contributed by atoms with Gasteiger partial charge in [-0.1, -0.05) is 19.1 Å². The van der Waals surface area contributed by atoms with E-state index in [4.69, 9.17) is 0 Å². The fourth-order valence-electron chi connectivity index (χ4n) is 1.47. The van der Waals surface area contributed by atoms with E-state index in [1.807, 2.05) is 31.2 Å². The summed E-state index contributed by atoms with van der Waals surface area (Å²) in [7, 11) is 0. The summed E-state index contributed by atoms with van der Waals surface area (Å²) in [4.78, 5) is 8.01. The van der Waals surface area contributed by atoms with Gasteiger partial charge in [0.15, 0.2) is 11.6 Å². The number of hydrogen-bond donors (Lipinski definition) is 2. The monoisotopic (exact) mass is 324 g/mol. The quantitative estimate of drug-likeness (QED) is 0.874. The molecular weight excluding hydrogens is 311 g/mol. The Kier molecular flexibility index (Phi) is 4.68. The Labute approximate surface area is 119 Å². The van der Waals surface area contributed by atoms with Crippen LogP contribution in [0.15, 0.2) is 34.9 Å². The molecule has 0 atom stereocenters. The van der Waals surface area contributed by atoms with Gasteiger partial charge in [-0.05, 0) is 34.5 Å². The van der Waals surface area contributed by atoms with Crippen molar-refractivity contribution >= 4 is 33.4 Å². The van der Waals surface area contributed by atoms with E-state index in [1.54, 1.807) is 0 Å². The number of halogens is 2. The first-order valence-corrected chi connectivity index (χ1v) is 6.78. The molecule has 0 fully saturated rings. The molecular formula is C13H14BrFN4. The summed E-state index contributed by atoms with van der Waals surface area (Å²) in [6.07, 6.45) is 2.11. The zero-order valence-electron chi connectivity index (χ0n) is 10.5. The molecule has 0 spiro atoms. The summed E-state index contributed by atoms with van der Waals surface area (Å²) in [5.74, 6) is 0.0797. The highest BCUT2D eigenvalue weighted by Crippen LogP contribution is 2.25. The van der Waals surface area contributed by atoms with Gasteiger partial charge in [-0.15, -0.1) is 0 Å². The van der Waals surface area contributed by atoms with E-state index in [-0.39, 0.29) is 5.82 Å². The first kappa shape index (κ1) is 13.7. The lowest BCUT2D eigenvalue weighted by Crippen LogP contribution is -2.07. The second-order valence-electron chi connectivity index (χ2n) is 3.92. The summed E-state index contributed by atoms with van der Waals surface area (Å²) in [6, 6.07) is 7.46. The topological polar surface area (TPSA) is 49.8 Å². The molecule has 0 saturated carbocycles. The van der Waals surface area contributed by atoms with Crippen molar-refractivity contribution in [3.05, 3.63) is 40.8 Å². The molecule has 6 heteroatoms. The highest BCUT2D eigenvalue weighted by atomic mass is 79.9. The van der Waals surface area contributed by atoms with Crippen LogP contribution in [0, 0.1) is 5.82 Å². The maximum absolute atomic E-state index is 13.7. The molecule has 0 aliphatic carbocycles. The molecule has 4 nitrogen and oxygen atoms in total. The molecule has 2 rings (SSSR count). The predicted molar refractivity (Wildman–Crippen MR) is 78.2 cm³/mol. The van der Waals surface area contributed by atoms with Crippen molar-refractivity contribution in [2.75, 3.05) is 17.2 Å². The van der Waals surface area contributed by atoms with Gasteiger partial charge in [0, 0.05) is 11.0 Å². The van der Waals surface area contributed by atoms with E-state index < -0.39 is 5.82 Å². The van der Waals surface area contributed by atoms with Gasteiger partial charge in [-0.3, -0.25) is 0 Å². The third-order valence-corrected chi connectivity index (χ3v) is 3.10. The van der Waals surface area contributed by atoms with Crippen molar-refractivity contribution in [1.29, 1.82) is 0 Å². The zero-order valence-corrected chi connectivity index (χ0v) is 12.0. The van der Waals surface area contributed by atoms with E-state index in [0.717, 1.165) is 29.3 Å². The predicted octanol–water partition coefficient (Wildman–Crippen LogP) is 3.94. The van der Waals surface area contributed by atoms with Gasteiger partial charge in [0.2, 0.25) is 5.95 Å². The van der Waals surface area contributed by atoms with Crippen LogP contribution in [0.1, 0.15) is 13.3 Å². The number of benzene rings is 1. The molecule has 0 aliphatic rings. The normalized spacial score (nSPS) is 10.3. The maximum atomic E-state index is 13.7. The Bertz CT molecular complexity index is 562. The molecule has 0 bridgehead atoms. The molecule has 1 aromatic carbocycles. The third-order valence-electron chi connectivity index (χ3n) is 2.40. The minimum absolute atomic E-state index is 0.153. The van der Waals surface area contributed by atoms with Crippen molar-refractivity contribution in [3.63, 3.8) is 0 Å². The maximum Gasteiger partial charge on any atom is 0.224 e. The number of nitrogens with one attached hydrogen (secondary N) is 2. The van der Waals surface area contributed by atoms with E-state index in [0.29, 0.717) is 5.95 Å². The number of hydrogen-bond acceptors (Lipinski definition) is 4. The minimum atomic E-state index is -0.488. The highest BCUT2D eigenvalue weighted by Gasteiger charge is 2.08. The second kappa shape index (κ2) is 6.47. The number of nitrogens with zero attached hydrogens (tertiary/aromatic N) is 2. The average molecular weight is 325 g/mol. The summed E-state index contributed by atoms with van der Waals surface area (Å²) < 4.78 is 14.5. The van der Waals surface area contributed by atoms with E-state index in [2.05, 4.69) is 36.5 Å². The van der Waals surface area contributed by atoms with Crippen molar-refractivity contribution in [2.24, 2.45) is 0 Å². The van der Waals surface area contributed by atoms with Crippen LogP contribution in [-0.2, 0) is 0 Å². The van der Waals surface area contributed by atoms with Crippen molar-refractivity contribution in [2.45, 2.75) is 13.3 Å². The molecule has 1 aromatic heterocycles. The lowest BCUT2D eigenvalue weighted by atomic mass is 10.3. The molecule has 2 N–H and O–H groups in total. The van der Waals surface area contributed by atoms with Crippen molar-refractivity contribution < 1.29 is 4.39 Å². The smallest absolute Gasteiger partial charge is 0.224 e. The zero-order chi connectivity index (χ0) is 13.7. The Morgan fingerprint density at radius 3 is 2.84 bits per heavy atom. The SMILES string of the molecule is CCCNc1ncc(F)c(Nc2ccccc2Br)n1. The number of aromatic nitrogens is 2. The lowest BCUT2D eigenvalue weighted by molar-refractivity contribution is 0.619. The third kappa shape index (κ3) is 3.64. The van der Waals surface area contributed by atoms with Crippen LogP contribution < -0.4 is 10.6 Å². The van der Waals surface area contributed by atoms with Crippen molar-refractivity contribution in [1.82, 2.24) is 9.97 Å². The van der Waals surface area contributed by atoms with Crippen LogP contribution in [0.5, 0.6) is 0 Å². The standard InChI is InChI=1S/C13H14BrFN4/c1-2-7-16-13-17-8-10(15)12(19-13)18-11-6-4-3-5-9(11)14/h3-6,8H,2,7H2,1H3,(H2,16,17,18,19). The van der Waals surface area contributed by atoms with Crippen LogP contribution in [0.25, 0.3) is 0 Å². The van der Waals surface area contributed by atoms with E-state index in [9.17, 15) is 4.39 Å². The van der Waals surface area contributed by atoms with Gasteiger partial charge < -0.3 is 10.6 Å². The Hall–Kier alpha value is -1.69. The highest BCUT2D eigenvalue weighted by molar-refractivity contribution is 9.10. The molecule has 0 saturated heterocycles. The number of rotatable bonds is 5. The van der Waals surface area contributed by atoms with E-state index >= 15 is 0 Å². The molecule has 100 valence electrons. The van der Waals surface area contributed by atoms with Crippen LogP contribution in [0.3, 0.4) is 0 Å². The average Bonchev–Trinajstić information content (AvgIpc) is 2.42. The molecule has 0 amide bonds. The number of anilines is 3. The van der Waals surface area contributed by atoms with Gasteiger partial charge in [0.25, 0.3) is 0 Å². The van der Waals surface area contributed by atoms with E-state index in [1.165, 1.54) is 0 Å². The first-order valence-electron chi connectivity index (χ1n) is 5.98. The summed E-state index contributed by atoms with van der Waals surface area (Å²) in [5, 5.41) is 5.97. The fourth-order valence-corrected chi connectivity index (χ4v) is 1.85. The van der Waals surface area contributed by atoms with Gasteiger partial charge in [-0.2, -0.15) is 4.98 Å². The van der Waals surface area contributed by atoms with Gasteiger partial charge in [0.05, 0.1) is 11.9 Å². The molecule has 0 aliphatic heterocycles. The Morgan fingerprint density at radius 2 is 2.11 bits per heavy atom. The van der Waals surface area contributed by atoms with Crippen LogP contribution in [0.4, 0.5) is 21.8 Å².